The molecule has 0 bridgehead atoms. The van der Waals surface area contributed by atoms with Gasteiger partial charge in [0.15, 0.2) is 0 Å². The summed E-state index contributed by atoms with van der Waals surface area (Å²) in [6, 6.07) is 0. The monoisotopic (exact) mass is 137 g/mol. The molecule has 0 aromatic heterocycles. The summed E-state index contributed by atoms with van der Waals surface area (Å²) in [6.07, 6.45) is 7.49. The van der Waals surface area contributed by atoms with E-state index in [-0.39, 0.29) is 6.10 Å². The van der Waals surface area contributed by atoms with Crippen LogP contribution < -0.4 is 0 Å². The van der Waals surface area contributed by atoms with Crippen molar-refractivity contribution in [1.29, 1.82) is 0 Å². The Hall–Kier alpha value is -0.0400. The zero-order valence-electron chi connectivity index (χ0n) is 6.41. The van der Waals surface area contributed by atoms with E-state index in [2.05, 4.69) is 0 Å². The minimum absolute atomic E-state index is 0.296. The van der Waals surface area contributed by atoms with E-state index < -0.39 is 0 Å². The molecule has 0 aromatic rings. The van der Waals surface area contributed by atoms with Crippen LogP contribution in [0.2, 0.25) is 0 Å². The molecule has 1 heteroatoms. The van der Waals surface area contributed by atoms with Crippen LogP contribution in [0.5, 0.6) is 0 Å². The van der Waals surface area contributed by atoms with Crippen molar-refractivity contribution in [3.05, 3.63) is 31.6 Å². The maximum atomic E-state index is 9.49. The van der Waals surface area contributed by atoms with Gasteiger partial charge < -0.3 is 5.11 Å². The largest absolute Gasteiger partial charge is 0.392 e. The summed E-state index contributed by atoms with van der Waals surface area (Å²) in [7, 11) is 0. The van der Waals surface area contributed by atoms with Gasteiger partial charge in [0.25, 0.3) is 0 Å². The lowest BCUT2D eigenvalue weighted by molar-refractivity contribution is 0.146. The van der Waals surface area contributed by atoms with E-state index in [1.807, 2.05) is 39.5 Å². The second-order valence-corrected chi connectivity index (χ2v) is 2.91. The predicted octanol–water partition coefficient (Wildman–Crippen LogP) is 1.41. The third kappa shape index (κ3) is 1.72. The molecule has 55 valence electrons. The first-order valence-corrected chi connectivity index (χ1v) is 3.61. The molecule has 1 aliphatic carbocycles. The Morgan fingerprint density at radius 3 is 2.10 bits per heavy atom. The third-order valence-electron chi connectivity index (χ3n) is 1.66. The van der Waals surface area contributed by atoms with Gasteiger partial charge in [-0.05, 0) is 31.6 Å². The van der Waals surface area contributed by atoms with E-state index in [1.54, 1.807) is 0 Å². The van der Waals surface area contributed by atoms with Crippen molar-refractivity contribution in [2.75, 3.05) is 0 Å². The van der Waals surface area contributed by atoms with Crippen LogP contribution in [-0.2, 0) is 0 Å². The average Bonchev–Trinajstić information content (AvgIpc) is 2.36. The van der Waals surface area contributed by atoms with E-state index in [0.717, 1.165) is 5.92 Å². The predicted molar refractivity (Wildman–Crippen MR) is 41.3 cm³/mol. The molecule has 1 atom stereocenters. The molecule has 0 amide bonds. The summed E-state index contributed by atoms with van der Waals surface area (Å²) >= 11 is 0. The first-order chi connectivity index (χ1) is 4.72. The molecule has 0 aromatic carbocycles. The highest BCUT2D eigenvalue weighted by Gasteiger charge is 2.26. The summed E-state index contributed by atoms with van der Waals surface area (Å²) in [6.45, 7) is 4.02. The highest BCUT2D eigenvalue weighted by molar-refractivity contribution is 5.37. The lowest BCUT2D eigenvalue weighted by atomic mass is 9.92. The number of rotatable bonds is 2. The van der Waals surface area contributed by atoms with Gasteiger partial charge in [0.1, 0.15) is 0 Å². The van der Waals surface area contributed by atoms with Crippen LogP contribution in [0, 0.1) is 37.5 Å². The standard InChI is InChI=1S/C9H13O/c1-7(2)9(10)8-5-3-4-6-8/h3-7,9-10H,1-2H3. The molecule has 1 rings (SSSR count). The molecule has 1 N–H and O–H groups in total. The fraction of sp³-hybridized carbons (Fsp3) is 0.444. The van der Waals surface area contributed by atoms with Crippen LogP contribution in [0.25, 0.3) is 0 Å². The summed E-state index contributed by atoms with van der Waals surface area (Å²) < 4.78 is 0. The number of hydrogen-bond acceptors (Lipinski definition) is 1. The van der Waals surface area contributed by atoms with Gasteiger partial charge in [0, 0.05) is 5.92 Å². The molecular weight excluding hydrogens is 124 g/mol. The first-order valence-electron chi connectivity index (χ1n) is 3.61. The maximum absolute atomic E-state index is 9.49. The SMILES string of the molecule is CC(C)C(O)[C]1[CH][CH][CH][CH]1. The Morgan fingerprint density at radius 1 is 1.20 bits per heavy atom. The fourth-order valence-electron chi connectivity index (χ4n) is 0.971. The van der Waals surface area contributed by atoms with Crippen LogP contribution in [0.1, 0.15) is 13.8 Å². The second-order valence-electron chi connectivity index (χ2n) is 2.91. The molecule has 1 saturated carbocycles. The lowest BCUT2D eigenvalue weighted by Crippen LogP contribution is -2.22. The quantitative estimate of drug-likeness (QED) is 0.610. The smallest absolute Gasteiger partial charge is 0.0631 e. The van der Waals surface area contributed by atoms with Gasteiger partial charge in [-0.15, -0.1) is 0 Å². The van der Waals surface area contributed by atoms with Crippen molar-refractivity contribution >= 4 is 0 Å². The van der Waals surface area contributed by atoms with E-state index in [0.29, 0.717) is 5.92 Å². The molecule has 1 aliphatic rings. The molecule has 0 spiro atoms. The van der Waals surface area contributed by atoms with E-state index in [1.165, 1.54) is 0 Å². The van der Waals surface area contributed by atoms with Gasteiger partial charge in [-0.25, -0.2) is 0 Å². The topological polar surface area (TPSA) is 20.2 Å². The van der Waals surface area contributed by atoms with Gasteiger partial charge in [0.05, 0.1) is 6.10 Å². The van der Waals surface area contributed by atoms with Crippen molar-refractivity contribution in [3.63, 3.8) is 0 Å². The van der Waals surface area contributed by atoms with Crippen molar-refractivity contribution < 1.29 is 5.11 Å². The fourth-order valence-corrected chi connectivity index (χ4v) is 0.971. The molecule has 1 unspecified atom stereocenters. The molecule has 5 radical (unpaired) electrons. The van der Waals surface area contributed by atoms with Gasteiger partial charge in [-0.2, -0.15) is 0 Å². The third-order valence-corrected chi connectivity index (χ3v) is 1.66. The Balaban J connectivity index is 2.32. The molecule has 0 saturated heterocycles. The van der Waals surface area contributed by atoms with E-state index in [9.17, 15) is 5.11 Å². The molecule has 1 nitrogen and oxygen atoms in total. The van der Waals surface area contributed by atoms with Crippen molar-refractivity contribution in [2.24, 2.45) is 5.92 Å². The average molecular weight is 137 g/mol. The molecule has 0 aliphatic heterocycles. The minimum atomic E-state index is -0.296. The van der Waals surface area contributed by atoms with Gasteiger partial charge in [0.2, 0.25) is 0 Å². The number of hydrogen-bond donors (Lipinski definition) is 1. The Kier molecular flexibility index (Phi) is 2.72. The molecule has 10 heavy (non-hydrogen) atoms. The Bertz CT molecular complexity index is 92.9. The van der Waals surface area contributed by atoms with Crippen LogP contribution in [0.4, 0.5) is 0 Å². The Morgan fingerprint density at radius 2 is 1.70 bits per heavy atom. The highest BCUT2D eigenvalue weighted by atomic mass is 16.3. The Labute approximate surface area is 63.4 Å². The summed E-state index contributed by atoms with van der Waals surface area (Å²) in [5.41, 5.74) is 0. The van der Waals surface area contributed by atoms with Crippen molar-refractivity contribution in [1.82, 2.24) is 0 Å². The maximum Gasteiger partial charge on any atom is 0.0631 e. The second kappa shape index (κ2) is 3.38. The first kappa shape index (κ1) is 8.06. The summed E-state index contributed by atoms with van der Waals surface area (Å²) in [5, 5.41) is 9.49. The van der Waals surface area contributed by atoms with Gasteiger partial charge in [-0.1, -0.05) is 13.8 Å². The highest BCUT2D eigenvalue weighted by Crippen LogP contribution is 2.29. The zero-order valence-corrected chi connectivity index (χ0v) is 6.41. The van der Waals surface area contributed by atoms with Crippen molar-refractivity contribution in [2.45, 2.75) is 20.0 Å². The van der Waals surface area contributed by atoms with E-state index >= 15 is 0 Å². The molecule has 1 fully saturated rings. The summed E-state index contributed by atoms with van der Waals surface area (Å²) in [4.78, 5) is 0. The number of aliphatic hydroxyl groups is 1. The normalized spacial score (nSPS) is 24.0. The van der Waals surface area contributed by atoms with Crippen molar-refractivity contribution in [3.8, 4) is 0 Å². The molecule has 0 heterocycles. The van der Waals surface area contributed by atoms with Crippen LogP contribution in [0.15, 0.2) is 0 Å². The summed E-state index contributed by atoms with van der Waals surface area (Å²) in [5.74, 6) is 1.33. The molecular formula is C9H13O. The van der Waals surface area contributed by atoms with E-state index in [4.69, 9.17) is 0 Å². The van der Waals surface area contributed by atoms with Crippen LogP contribution in [0.3, 0.4) is 0 Å². The van der Waals surface area contributed by atoms with Crippen LogP contribution in [-0.4, -0.2) is 11.2 Å². The lowest BCUT2D eigenvalue weighted by Gasteiger charge is -2.19. The minimum Gasteiger partial charge on any atom is -0.392 e. The number of aliphatic hydroxyl groups excluding tert-OH is 1. The van der Waals surface area contributed by atoms with Gasteiger partial charge in [-0.3, -0.25) is 0 Å². The van der Waals surface area contributed by atoms with Gasteiger partial charge >= 0.3 is 0 Å². The van der Waals surface area contributed by atoms with Crippen LogP contribution >= 0.6 is 0 Å². The zero-order chi connectivity index (χ0) is 7.56.